The molecule has 7 nitrogen and oxygen atoms in total. The summed E-state index contributed by atoms with van der Waals surface area (Å²) in [6.45, 7) is 1.72. The van der Waals surface area contributed by atoms with Gasteiger partial charge in [-0.1, -0.05) is 9.64 Å². The van der Waals surface area contributed by atoms with Crippen LogP contribution in [0.5, 0.6) is 0 Å². The summed E-state index contributed by atoms with van der Waals surface area (Å²) in [5, 5.41) is 18.1. The van der Waals surface area contributed by atoms with Gasteiger partial charge >= 0.3 is 0 Å². The summed E-state index contributed by atoms with van der Waals surface area (Å²) >= 11 is 4.35. The lowest BCUT2D eigenvalue weighted by Crippen LogP contribution is -2.15. The van der Waals surface area contributed by atoms with Crippen LogP contribution >= 0.6 is 27.5 Å². The second-order valence-electron chi connectivity index (χ2n) is 3.82. The Morgan fingerprint density at radius 2 is 2.30 bits per heavy atom. The van der Waals surface area contributed by atoms with Crippen LogP contribution in [0.15, 0.2) is 27.8 Å². The molecular formula is C11H10BrN5O2S. The van der Waals surface area contributed by atoms with Gasteiger partial charge in [0.25, 0.3) is 5.91 Å². The zero-order valence-electron chi connectivity index (χ0n) is 10.3. The summed E-state index contributed by atoms with van der Waals surface area (Å²) in [5.74, 6) is -0.291. The first-order valence-electron chi connectivity index (χ1n) is 5.40. The van der Waals surface area contributed by atoms with Gasteiger partial charge in [-0.15, -0.1) is 5.10 Å². The van der Waals surface area contributed by atoms with Crippen LogP contribution in [-0.4, -0.2) is 26.5 Å². The quantitative estimate of drug-likeness (QED) is 0.337. The molecule has 0 aliphatic heterocycles. The lowest BCUT2D eigenvalue weighted by atomic mass is 10.2. The number of aromatic nitrogens is 2. The number of halogens is 1. The number of amides is 1. The van der Waals surface area contributed by atoms with E-state index in [-0.39, 0.29) is 11.7 Å². The van der Waals surface area contributed by atoms with Gasteiger partial charge in [-0.25, -0.2) is 0 Å². The summed E-state index contributed by atoms with van der Waals surface area (Å²) in [5.41, 5.74) is 7.17. The van der Waals surface area contributed by atoms with E-state index in [1.54, 1.807) is 25.1 Å². The van der Waals surface area contributed by atoms with Crippen LogP contribution < -0.4 is 11.1 Å². The van der Waals surface area contributed by atoms with E-state index in [4.69, 9.17) is 10.9 Å². The number of nitrogens with one attached hydrogen (secondary N) is 1. The Morgan fingerprint density at radius 1 is 1.55 bits per heavy atom. The number of anilines is 1. The summed E-state index contributed by atoms with van der Waals surface area (Å²) < 4.78 is 4.33. The number of nitrogens with two attached hydrogens (primary N) is 1. The molecule has 0 saturated heterocycles. The molecule has 0 atom stereocenters. The number of carbonyl (C=O) groups excluding carboxylic acids is 1. The fourth-order valence-corrected chi connectivity index (χ4v) is 2.48. The van der Waals surface area contributed by atoms with Gasteiger partial charge in [0.15, 0.2) is 5.84 Å². The zero-order valence-corrected chi connectivity index (χ0v) is 12.7. The number of benzene rings is 1. The average molecular weight is 356 g/mol. The number of hydrogen-bond donors (Lipinski definition) is 3. The molecule has 0 unspecified atom stereocenters. The zero-order chi connectivity index (χ0) is 14.7. The minimum absolute atomic E-state index is 0.00826. The second-order valence-corrected chi connectivity index (χ2v) is 5.43. The molecule has 0 saturated carbocycles. The highest BCUT2D eigenvalue weighted by molar-refractivity contribution is 9.10. The highest BCUT2D eigenvalue weighted by Gasteiger charge is 2.15. The first-order chi connectivity index (χ1) is 9.52. The van der Waals surface area contributed by atoms with Crippen molar-refractivity contribution >= 4 is 44.9 Å². The van der Waals surface area contributed by atoms with Gasteiger partial charge in [-0.2, -0.15) is 0 Å². The van der Waals surface area contributed by atoms with Gasteiger partial charge in [0, 0.05) is 10.0 Å². The third-order valence-electron chi connectivity index (χ3n) is 2.48. The molecule has 0 aliphatic rings. The Balaban J connectivity index is 2.23. The normalized spacial score (nSPS) is 11.4. The number of hydrogen-bond acceptors (Lipinski definition) is 6. The van der Waals surface area contributed by atoms with Crippen LogP contribution in [0.2, 0.25) is 0 Å². The topological polar surface area (TPSA) is 113 Å². The van der Waals surface area contributed by atoms with E-state index >= 15 is 0 Å². The molecule has 0 bridgehead atoms. The molecule has 0 aliphatic carbocycles. The fraction of sp³-hybridized carbons (Fsp3) is 0.0909. The molecule has 0 radical (unpaired) electrons. The lowest BCUT2D eigenvalue weighted by Gasteiger charge is -2.08. The Morgan fingerprint density at radius 3 is 2.85 bits per heavy atom. The predicted molar refractivity (Wildman–Crippen MR) is 79.3 cm³/mol. The molecule has 1 aromatic carbocycles. The number of oxime groups is 1. The van der Waals surface area contributed by atoms with Crippen LogP contribution in [0.1, 0.15) is 20.9 Å². The summed E-state index contributed by atoms with van der Waals surface area (Å²) in [7, 11) is 0. The van der Waals surface area contributed by atoms with Crippen LogP contribution in [0, 0.1) is 6.92 Å². The number of rotatable bonds is 3. The number of nitrogens with zero attached hydrogens (tertiary/aromatic N) is 3. The molecule has 104 valence electrons. The van der Waals surface area contributed by atoms with Crippen LogP contribution in [0.25, 0.3) is 0 Å². The van der Waals surface area contributed by atoms with E-state index in [0.29, 0.717) is 26.3 Å². The van der Waals surface area contributed by atoms with Crippen molar-refractivity contribution in [3.63, 3.8) is 0 Å². The molecule has 1 amide bonds. The van der Waals surface area contributed by atoms with Crippen LogP contribution in [0.3, 0.4) is 0 Å². The number of amidine groups is 1. The van der Waals surface area contributed by atoms with E-state index in [1.165, 1.54) is 0 Å². The Kier molecular flexibility index (Phi) is 4.30. The Hall–Kier alpha value is -2.00. The van der Waals surface area contributed by atoms with Crippen molar-refractivity contribution in [2.24, 2.45) is 10.9 Å². The molecule has 4 N–H and O–H groups in total. The third-order valence-corrected chi connectivity index (χ3v) is 3.96. The van der Waals surface area contributed by atoms with E-state index in [9.17, 15) is 4.79 Å². The summed E-state index contributed by atoms with van der Waals surface area (Å²) in [4.78, 5) is 12.5. The van der Waals surface area contributed by atoms with Crippen molar-refractivity contribution in [1.29, 1.82) is 0 Å². The monoisotopic (exact) mass is 355 g/mol. The molecule has 2 rings (SSSR count). The molecule has 0 fully saturated rings. The standard InChI is InChI=1S/C11H10BrN5O2S/c1-5-9(20-17-15-5)11(18)14-8-3-2-6(4-7(8)12)10(13)16-19/h2-4,19H,1H3,(H2,13,16)(H,14,18). The molecule has 2 aromatic rings. The van der Waals surface area contributed by atoms with Crippen LogP contribution in [0.4, 0.5) is 5.69 Å². The van der Waals surface area contributed by atoms with Gasteiger partial charge in [0.2, 0.25) is 0 Å². The van der Waals surface area contributed by atoms with Gasteiger partial charge in [-0.05, 0) is 52.6 Å². The van der Waals surface area contributed by atoms with Gasteiger partial charge < -0.3 is 16.3 Å². The summed E-state index contributed by atoms with van der Waals surface area (Å²) in [6, 6.07) is 4.93. The minimum Gasteiger partial charge on any atom is -0.409 e. The van der Waals surface area contributed by atoms with Gasteiger partial charge in [-0.3, -0.25) is 4.79 Å². The second kappa shape index (κ2) is 5.97. The maximum atomic E-state index is 12.0. The highest BCUT2D eigenvalue weighted by Crippen LogP contribution is 2.24. The van der Waals surface area contributed by atoms with E-state index < -0.39 is 0 Å². The van der Waals surface area contributed by atoms with Crippen LogP contribution in [-0.2, 0) is 0 Å². The lowest BCUT2D eigenvalue weighted by molar-refractivity contribution is 0.102. The first-order valence-corrected chi connectivity index (χ1v) is 6.97. The fourth-order valence-electron chi connectivity index (χ4n) is 1.45. The summed E-state index contributed by atoms with van der Waals surface area (Å²) in [6.07, 6.45) is 0. The van der Waals surface area contributed by atoms with Crippen molar-refractivity contribution in [2.75, 3.05) is 5.32 Å². The largest absolute Gasteiger partial charge is 0.409 e. The minimum atomic E-state index is -0.283. The van der Waals surface area contributed by atoms with Crippen molar-refractivity contribution in [2.45, 2.75) is 6.92 Å². The molecular weight excluding hydrogens is 346 g/mol. The first kappa shape index (κ1) is 14.4. The molecule has 1 aromatic heterocycles. The van der Waals surface area contributed by atoms with E-state index in [2.05, 4.69) is 36.0 Å². The Labute approximate surface area is 126 Å². The average Bonchev–Trinajstić information content (AvgIpc) is 2.86. The third kappa shape index (κ3) is 2.94. The highest BCUT2D eigenvalue weighted by atomic mass is 79.9. The van der Waals surface area contributed by atoms with E-state index in [0.717, 1.165) is 11.5 Å². The van der Waals surface area contributed by atoms with Crippen molar-refractivity contribution in [1.82, 2.24) is 9.59 Å². The maximum absolute atomic E-state index is 12.0. The molecule has 20 heavy (non-hydrogen) atoms. The molecule has 0 spiro atoms. The number of aryl methyl sites for hydroxylation is 1. The van der Waals surface area contributed by atoms with Crippen molar-refractivity contribution < 1.29 is 10.0 Å². The van der Waals surface area contributed by atoms with Crippen molar-refractivity contribution in [3.05, 3.63) is 38.8 Å². The smallest absolute Gasteiger partial charge is 0.269 e. The molecule has 9 heteroatoms. The van der Waals surface area contributed by atoms with E-state index in [1.807, 2.05) is 0 Å². The van der Waals surface area contributed by atoms with Gasteiger partial charge in [0.05, 0.1) is 11.4 Å². The predicted octanol–water partition coefficient (Wildman–Crippen LogP) is 1.96. The van der Waals surface area contributed by atoms with Crippen molar-refractivity contribution in [3.8, 4) is 0 Å². The van der Waals surface area contributed by atoms with Gasteiger partial charge in [0.1, 0.15) is 4.88 Å². The maximum Gasteiger partial charge on any atom is 0.269 e. The number of carbonyl (C=O) groups is 1. The Bertz CT molecular complexity index is 685. The SMILES string of the molecule is Cc1nnsc1C(=O)Nc1ccc(/C(N)=N/O)cc1Br. The molecule has 1 heterocycles.